The van der Waals surface area contributed by atoms with Crippen LogP contribution in [0.1, 0.15) is 30.1 Å². The second-order valence-corrected chi connectivity index (χ2v) is 8.29. The van der Waals surface area contributed by atoms with E-state index < -0.39 is 18.1 Å². The first-order chi connectivity index (χ1) is 13.5. The van der Waals surface area contributed by atoms with E-state index >= 15 is 0 Å². The molecule has 1 saturated carbocycles. The Kier molecular flexibility index (Phi) is 5.39. The molecule has 2 amide bonds. The Morgan fingerprint density at radius 2 is 1.93 bits per heavy atom. The number of carbonyl (C=O) groups is 2. The Labute approximate surface area is 163 Å². The molecule has 9 nitrogen and oxygen atoms in total. The zero-order chi connectivity index (χ0) is 19.8. The summed E-state index contributed by atoms with van der Waals surface area (Å²) in [5, 5.41) is 30.7. The van der Waals surface area contributed by atoms with Gasteiger partial charge < -0.3 is 25.2 Å². The molecule has 3 heterocycles. The van der Waals surface area contributed by atoms with Crippen molar-refractivity contribution in [2.45, 2.75) is 38.0 Å². The zero-order valence-electron chi connectivity index (χ0n) is 16.0. The second kappa shape index (κ2) is 7.81. The van der Waals surface area contributed by atoms with Gasteiger partial charge >= 0.3 is 0 Å². The summed E-state index contributed by atoms with van der Waals surface area (Å²) in [6, 6.07) is 0.0703. The van der Waals surface area contributed by atoms with Gasteiger partial charge in [-0.25, -0.2) is 0 Å². The van der Waals surface area contributed by atoms with Crippen molar-refractivity contribution in [3.63, 3.8) is 0 Å². The maximum absolute atomic E-state index is 13.1. The molecule has 0 aromatic carbocycles. The zero-order valence-corrected chi connectivity index (χ0v) is 16.0. The Hall–Kier alpha value is -1.97. The summed E-state index contributed by atoms with van der Waals surface area (Å²) in [6.07, 6.45) is 2.61. The molecule has 2 saturated heterocycles. The van der Waals surface area contributed by atoms with E-state index in [1.807, 2.05) is 0 Å². The average Bonchev–Trinajstić information content (AvgIpc) is 3.37. The van der Waals surface area contributed by atoms with Gasteiger partial charge in [0.15, 0.2) is 0 Å². The highest BCUT2D eigenvalue weighted by Gasteiger charge is 2.54. The first-order valence-electron chi connectivity index (χ1n) is 9.99. The minimum atomic E-state index is -0.990. The van der Waals surface area contributed by atoms with Gasteiger partial charge in [0.1, 0.15) is 0 Å². The van der Waals surface area contributed by atoms with Crippen LogP contribution in [0.5, 0.6) is 0 Å². The van der Waals surface area contributed by atoms with Crippen molar-refractivity contribution >= 4 is 11.8 Å². The number of fused-ring (bicyclic) bond motifs is 1. The van der Waals surface area contributed by atoms with Gasteiger partial charge in [0.05, 0.1) is 24.0 Å². The van der Waals surface area contributed by atoms with Gasteiger partial charge in [-0.2, -0.15) is 5.10 Å². The fourth-order valence-corrected chi connectivity index (χ4v) is 5.05. The summed E-state index contributed by atoms with van der Waals surface area (Å²) in [5.74, 6) is -1.64. The lowest BCUT2D eigenvalue weighted by atomic mass is 9.65. The number of nitrogens with zero attached hydrogens (tertiary/aromatic N) is 2. The Morgan fingerprint density at radius 1 is 1.21 bits per heavy atom. The van der Waals surface area contributed by atoms with Gasteiger partial charge in [-0.15, -0.1) is 0 Å². The van der Waals surface area contributed by atoms with Gasteiger partial charge in [-0.3, -0.25) is 14.7 Å². The monoisotopic (exact) mass is 392 g/mol. The van der Waals surface area contributed by atoms with Crippen molar-refractivity contribution in [2.75, 3.05) is 26.3 Å². The molecule has 3 fully saturated rings. The summed E-state index contributed by atoms with van der Waals surface area (Å²) < 4.78 is 5.35. The third-order valence-corrected chi connectivity index (χ3v) is 6.67. The number of amides is 2. The standard InChI is InChI=1S/C19H28N4O5/c1-10-15(18(26)22-12-2-4-28-5-3-12)13-8-23(9-14(13)17(25)16(10)24)19(27)11-6-20-21-7-11/h6-7,10,12-17,24-25H,2-5,8-9H2,1H3,(H,20,21)(H,22,26)/t10-,13+,14+,15+,16+,17+/m1/s1. The van der Waals surface area contributed by atoms with Crippen LogP contribution in [-0.2, 0) is 9.53 Å². The van der Waals surface area contributed by atoms with E-state index in [0.29, 0.717) is 31.9 Å². The first kappa shape index (κ1) is 19.4. The van der Waals surface area contributed by atoms with E-state index in [4.69, 9.17) is 4.74 Å². The predicted molar refractivity (Wildman–Crippen MR) is 98.1 cm³/mol. The molecule has 6 atom stereocenters. The van der Waals surface area contributed by atoms with E-state index in [2.05, 4.69) is 15.5 Å². The van der Waals surface area contributed by atoms with Crippen LogP contribution in [-0.4, -0.2) is 81.7 Å². The third kappa shape index (κ3) is 3.42. The molecule has 2 aliphatic heterocycles. The van der Waals surface area contributed by atoms with E-state index in [0.717, 1.165) is 12.8 Å². The number of aromatic nitrogens is 2. The largest absolute Gasteiger partial charge is 0.390 e. The number of nitrogens with one attached hydrogen (secondary N) is 2. The van der Waals surface area contributed by atoms with E-state index in [1.165, 1.54) is 12.4 Å². The van der Waals surface area contributed by atoms with E-state index in [-0.39, 0.29) is 35.6 Å². The molecule has 3 aliphatic rings. The molecular weight excluding hydrogens is 364 g/mol. The number of aliphatic hydroxyl groups excluding tert-OH is 2. The quantitative estimate of drug-likeness (QED) is 0.543. The topological polar surface area (TPSA) is 128 Å². The Bertz CT molecular complexity index is 705. The molecule has 4 N–H and O–H groups in total. The minimum absolute atomic E-state index is 0.0703. The molecule has 4 rings (SSSR count). The van der Waals surface area contributed by atoms with Crippen molar-refractivity contribution in [3.8, 4) is 0 Å². The van der Waals surface area contributed by atoms with Crippen LogP contribution in [0.2, 0.25) is 0 Å². The number of likely N-dealkylation sites (tertiary alicyclic amines) is 1. The predicted octanol–water partition coefficient (Wildman–Crippen LogP) is -0.619. The van der Waals surface area contributed by atoms with Crippen molar-refractivity contribution in [1.82, 2.24) is 20.4 Å². The fourth-order valence-electron chi connectivity index (χ4n) is 5.05. The van der Waals surface area contributed by atoms with Gasteiger partial charge in [-0.1, -0.05) is 6.92 Å². The average molecular weight is 392 g/mol. The van der Waals surface area contributed by atoms with Gasteiger partial charge in [0.25, 0.3) is 5.91 Å². The van der Waals surface area contributed by atoms with Gasteiger partial charge in [0.2, 0.25) is 5.91 Å². The minimum Gasteiger partial charge on any atom is -0.390 e. The van der Waals surface area contributed by atoms with Crippen molar-refractivity contribution in [2.24, 2.45) is 23.7 Å². The number of hydrogen-bond donors (Lipinski definition) is 4. The number of carbonyl (C=O) groups excluding carboxylic acids is 2. The number of H-pyrrole nitrogens is 1. The molecule has 1 aromatic rings. The van der Waals surface area contributed by atoms with Crippen LogP contribution in [0, 0.1) is 23.7 Å². The van der Waals surface area contributed by atoms with E-state index in [9.17, 15) is 19.8 Å². The smallest absolute Gasteiger partial charge is 0.257 e. The number of hydrogen-bond acceptors (Lipinski definition) is 6. The summed E-state index contributed by atoms with van der Waals surface area (Å²) >= 11 is 0. The molecule has 0 spiro atoms. The van der Waals surface area contributed by atoms with Crippen LogP contribution in [0.4, 0.5) is 0 Å². The summed E-state index contributed by atoms with van der Waals surface area (Å²) in [7, 11) is 0. The number of rotatable bonds is 3. The Morgan fingerprint density at radius 3 is 2.61 bits per heavy atom. The molecule has 0 unspecified atom stereocenters. The normalized spacial score (nSPS) is 36.2. The maximum Gasteiger partial charge on any atom is 0.257 e. The molecule has 0 bridgehead atoms. The highest BCUT2D eigenvalue weighted by Crippen LogP contribution is 2.44. The van der Waals surface area contributed by atoms with Crippen LogP contribution in [0.25, 0.3) is 0 Å². The van der Waals surface area contributed by atoms with Crippen LogP contribution >= 0.6 is 0 Å². The summed E-state index contributed by atoms with van der Waals surface area (Å²) in [4.78, 5) is 27.5. The lowest BCUT2D eigenvalue weighted by molar-refractivity contribution is -0.147. The second-order valence-electron chi connectivity index (χ2n) is 8.29. The fraction of sp³-hybridized carbons (Fsp3) is 0.737. The highest BCUT2D eigenvalue weighted by molar-refractivity contribution is 5.94. The molecule has 9 heteroatoms. The van der Waals surface area contributed by atoms with Crippen molar-refractivity contribution in [3.05, 3.63) is 18.0 Å². The molecule has 0 radical (unpaired) electrons. The lowest BCUT2D eigenvalue weighted by Crippen LogP contribution is -2.56. The van der Waals surface area contributed by atoms with Crippen LogP contribution in [0.3, 0.4) is 0 Å². The SMILES string of the molecule is C[C@H]1[C@H](O)[C@@H](O)[C@H]2CN(C(=O)c3cn[nH]c3)C[C@@H]2[C@H]1C(=O)NC1CCOCC1. The molecule has 154 valence electrons. The highest BCUT2D eigenvalue weighted by atomic mass is 16.5. The molecule has 28 heavy (non-hydrogen) atoms. The molecule has 1 aromatic heterocycles. The first-order valence-corrected chi connectivity index (χ1v) is 9.99. The van der Waals surface area contributed by atoms with Crippen molar-refractivity contribution < 1.29 is 24.5 Å². The van der Waals surface area contributed by atoms with Gasteiger partial charge in [0, 0.05) is 50.4 Å². The summed E-state index contributed by atoms with van der Waals surface area (Å²) in [6.45, 7) is 3.77. The van der Waals surface area contributed by atoms with Crippen LogP contribution < -0.4 is 5.32 Å². The number of aliphatic hydroxyl groups is 2. The number of aromatic amines is 1. The summed E-state index contributed by atoms with van der Waals surface area (Å²) in [5.41, 5.74) is 0.449. The maximum atomic E-state index is 13.1. The molecular formula is C19H28N4O5. The van der Waals surface area contributed by atoms with E-state index in [1.54, 1.807) is 11.8 Å². The van der Waals surface area contributed by atoms with Crippen LogP contribution in [0.15, 0.2) is 12.4 Å². The number of ether oxygens (including phenoxy) is 1. The third-order valence-electron chi connectivity index (χ3n) is 6.67. The Balaban J connectivity index is 1.52. The lowest BCUT2D eigenvalue weighted by Gasteiger charge is -2.43. The van der Waals surface area contributed by atoms with Crippen molar-refractivity contribution in [1.29, 1.82) is 0 Å². The molecule has 1 aliphatic carbocycles. The van der Waals surface area contributed by atoms with Gasteiger partial charge in [-0.05, 0) is 24.7 Å².